The number of H-pyrrole nitrogens is 1. The predicted octanol–water partition coefficient (Wildman–Crippen LogP) is 3.25. The molecule has 0 amide bonds. The minimum absolute atomic E-state index is 0.535. The largest absolute Gasteiger partial charge is 0.398 e. The number of nitrogens with one attached hydrogen (secondary N) is 1. The van der Waals surface area contributed by atoms with Crippen LogP contribution in [0.4, 0.5) is 5.69 Å². The summed E-state index contributed by atoms with van der Waals surface area (Å²) in [5.41, 5.74) is 7.47. The second-order valence-corrected chi connectivity index (χ2v) is 5.49. The summed E-state index contributed by atoms with van der Waals surface area (Å²) in [5, 5.41) is 14.4. The highest BCUT2D eigenvalue weighted by atomic mass is 35.5. The average molecular weight is 304 g/mol. The van der Waals surface area contributed by atoms with E-state index >= 15 is 0 Å². The van der Waals surface area contributed by atoms with Crippen LogP contribution >= 0.6 is 23.4 Å². The van der Waals surface area contributed by atoms with E-state index in [1.54, 1.807) is 6.07 Å². The average Bonchev–Trinajstić information content (AvgIpc) is 2.95. The van der Waals surface area contributed by atoms with Gasteiger partial charge in [0, 0.05) is 15.5 Å². The fraction of sp³-hybridized carbons (Fsp3) is 0. The van der Waals surface area contributed by atoms with Crippen LogP contribution in [-0.2, 0) is 0 Å². The molecule has 3 N–H and O–H groups in total. The Kier molecular flexibility index (Phi) is 3.58. The highest BCUT2D eigenvalue weighted by Crippen LogP contribution is 2.40. The van der Waals surface area contributed by atoms with Crippen LogP contribution in [0.5, 0.6) is 0 Å². The van der Waals surface area contributed by atoms with Crippen LogP contribution in [-0.4, -0.2) is 20.6 Å². The van der Waals surface area contributed by atoms with Crippen molar-refractivity contribution in [3.05, 3.63) is 47.5 Å². The molecule has 0 saturated carbocycles. The summed E-state index contributed by atoms with van der Waals surface area (Å²) in [4.78, 5) is 1.90. The number of anilines is 1. The molecule has 3 aromatic rings. The Hall–Kier alpha value is -2.05. The van der Waals surface area contributed by atoms with Crippen molar-refractivity contribution in [3.8, 4) is 11.4 Å². The van der Waals surface area contributed by atoms with Gasteiger partial charge >= 0.3 is 0 Å². The summed E-state index contributed by atoms with van der Waals surface area (Å²) in [7, 11) is 0. The lowest BCUT2D eigenvalue weighted by Crippen LogP contribution is -1.90. The lowest BCUT2D eigenvalue weighted by atomic mass is 10.2. The number of nitrogens with zero attached hydrogens (tertiary/aromatic N) is 3. The zero-order valence-electron chi connectivity index (χ0n) is 10.2. The molecule has 0 bridgehead atoms. The normalized spacial score (nSPS) is 10.7. The van der Waals surface area contributed by atoms with Gasteiger partial charge in [0.1, 0.15) is 0 Å². The highest BCUT2D eigenvalue weighted by molar-refractivity contribution is 7.99. The van der Waals surface area contributed by atoms with Crippen LogP contribution in [0.25, 0.3) is 11.4 Å². The van der Waals surface area contributed by atoms with Gasteiger partial charge in [-0.25, -0.2) is 5.10 Å². The summed E-state index contributed by atoms with van der Waals surface area (Å²) < 4.78 is 0. The van der Waals surface area contributed by atoms with E-state index in [0.717, 1.165) is 21.0 Å². The number of aromatic amines is 1. The molecule has 0 aliphatic rings. The van der Waals surface area contributed by atoms with Crippen molar-refractivity contribution < 1.29 is 0 Å². The fourth-order valence-corrected chi connectivity index (χ4v) is 3.12. The van der Waals surface area contributed by atoms with Crippen molar-refractivity contribution in [2.24, 2.45) is 0 Å². The van der Waals surface area contributed by atoms with E-state index in [1.165, 1.54) is 11.8 Å². The second-order valence-electron chi connectivity index (χ2n) is 4.00. The third-order valence-corrected chi connectivity index (χ3v) is 4.16. The molecule has 0 fully saturated rings. The first-order valence-corrected chi connectivity index (χ1v) is 7.00. The molecular formula is C13H10ClN5S. The lowest BCUT2D eigenvalue weighted by molar-refractivity contribution is 0.881. The SMILES string of the molecule is Nc1ccccc1Sc1cccc(Cl)c1-c1nnn[nH]1. The predicted molar refractivity (Wildman–Crippen MR) is 79.6 cm³/mol. The maximum atomic E-state index is 6.27. The monoisotopic (exact) mass is 303 g/mol. The van der Waals surface area contributed by atoms with Crippen molar-refractivity contribution in [3.63, 3.8) is 0 Å². The van der Waals surface area contributed by atoms with E-state index in [9.17, 15) is 0 Å². The van der Waals surface area contributed by atoms with Crippen LogP contribution in [0.15, 0.2) is 52.3 Å². The Balaban J connectivity index is 2.07. The molecule has 3 rings (SSSR count). The third-order valence-electron chi connectivity index (χ3n) is 2.70. The van der Waals surface area contributed by atoms with Crippen molar-refractivity contribution in [1.29, 1.82) is 0 Å². The number of nitrogen functional groups attached to an aromatic ring is 1. The molecule has 0 aliphatic heterocycles. The number of rotatable bonds is 3. The molecular weight excluding hydrogens is 294 g/mol. The maximum Gasteiger partial charge on any atom is 0.182 e. The van der Waals surface area contributed by atoms with Gasteiger partial charge in [0.2, 0.25) is 0 Å². The molecule has 0 spiro atoms. The topological polar surface area (TPSA) is 80.5 Å². The Morgan fingerprint density at radius 3 is 2.60 bits per heavy atom. The van der Waals surface area contributed by atoms with Gasteiger partial charge in [-0.3, -0.25) is 0 Å². The number of hydrogen-bond donors (Lipinski definition) is 2. The molecule has 5 nitrogen and oxygen atoms in total. The zero-order valence-corrected chi connectivity index (χ0v) is 11.8. The summed E-state index contributed by atoms with van der Waals surface area (Å²) in [6.45, 7) is 0. The summed E-state index contributed by atoms with van der Waals surface area (Å²) in [6, 6.07) is 13.3. The minimum atomic E-state index is 0.535. The molecule has 0 aliphatic carbocycles. The van der Waals surface area contributed by atoms with Gasteiger partial charge in [-0.2, -0.15) is 0 Å². The molecule has 20 heavy (non-hydrogen) atoms. The molecule has 0 radical (unpaired) electrons. The van der Waals surface area contributed by atoms with E-state index in [2.05, 4.69) is 20.6 Å². The van der Waals surface area contributed by atoms with E-state index < -0.39 is 0 Å². The van der Waals surface area contributed by atoms with Crippen molar-refractivity contribution in [1.82, 2.24) is 20.6 Å². The molecule has 0 saturated heterocycles. The van der Waals surface area contributed by atoms with Gasteiger partial charge in [-0.05, 0) is 34.7 Å². The standard InChI is InChI=1S/C13H10ClN5S/c14-8-4-3-7-11(12(8)13-16-18-19-17-13)20-10-6-2-1-5-9(10)15/h1-7H,15H2,(H,16,17,18,19). The van der Waals surface area contributed by atoms with E-state index in [1.807, 2.05) is 36.4 Å². The number of hydrogen-bond acceptors (Lipinski definition) is 5. The fourth-order valence-electron chi connectivity index (χ4n) is 1.78. The van der Waals surface area contributed by atoms with E-state index in [4.69, 9.17) is 17.3 Å². The molecule has 100 valence electrons. The highest BCUT2D eigenvalue weighted by Gasteiger charge is 2.14. The quantitative estimate of drug-likeness (QED) is 0.726. The Bertz CT molecular complexity index is 729. The smallest absolute Gasteiger partial charge is 0.182 e. The number of benzene rings is 2. The lowest BCUT2D eigenvalue weighted by Gasteiger charge is -2.09. The van der Waals surface area contributed by atoms with Crippen LogP contribution in [0.3, 0.4) is 0 Å². The molecule has 1 aromatic heterocycles. The number of nitrogens with two attached hydrogens (primary N) is 1. The van der Waals surface area contributed by atoms with Gasteiger partial charge in [0.25, 0.3) is 0 Å². The zero-order chi connectivity index (χ0) is 13.9. The third kappa shape index (κ3) is 2.48. The first-order chi connectivity index (χ1) is 9.75. The summed E-state index contributed by atoms with van der Waals surface area (Å²) in [6.07, 6.45) is 0. The van der Waals surface area contributed by atoms with Gasteiger partial charge in [-0.15, -0.1) is 5.10 Å². The first-order valence-electron chi connectivity index (χ1n) is 5.80. The minimum Gasteiger partial charge on any atom is -0.398 e. The molecule has 0 atom stereocenters. The molecule has 1 heterocycles. The number of para-hydroxylation sites is 1. The molecule has 2 aromatic carbocycles. The second kappa shape index (κ2) is 5.52. The van der Waals surface area contributed by atoms with Crippen LogP contribution in [0.2, 0.25) is 5.02 Å². The van der Waals surface area contributed by atoms with E-state index in [-0.39, 0.29) is 0 Å². The Labute approximate surface area is 124 Å². The number of halogens is 1. The van der Waals surface area contributed by atoms with Gasteiger partial charge in [-0.1, -0.05) is 41.6 Å². The summed E-state index contributed by atoms with van der Waals surface area (Å²) in [5.74, 6) is 0.535. The Morgan fingerprint density at radius 2 is 1.85 bits per heavy atom. The Morgan fingerprint density at radius 1 is 1.05 bits per heavy atom. The van der Waals surface area contributed by atoms with Gasteiger partial charge < -0.3 is 5.73 Å². The van der Waals surface area contributed by atoms with Crippen LogP contribution < -0.4 is 5.73 Å². The first kappa shape index (κ1) is 13.0. The maximum absolute atomic E-state index is 6.27. The summed E-state index contributed by atoms with van der Waals surface area (Å²) >= 11 is 7.79. The van der Waals surface area contributed by atoms with Gasteiger partial charge in [0.05, 0.1) is 10.6 Å². The van der Waals surface area contributed by atoms with Crippen molar-refractivity contribution in [2.45, 2.75) is 9.79 Å². The van der Waals surface area contributed by atoms with Crippen LogP contribution in [0, 0.1) is 0 Å². The number of tetrazole rings is 1. The van der Waals surface area contributed by atoms with E-state index in [0.29, 0.717) is 10.8 Å². The van der Waals surface area contributed by atoms with Crippen molar-refractivity contribution in [2.75, 3.05) is 5.73 Å². The molecule has 7 heteroatoms. The number of aromatic nitrogens is 4. The molecule has 0 unspecified atom stereocenters. The van der Waals surface area contributed by atoms with Gasteiger partial charge in [0.15, 0.2) is 5.82 Å². The van der Waals surface area contributed by atoms with Crippen LogP contribution in [0.1, 0.15) is 0 Å². The van der Waals surface area contributed by atoms with Crippen molar-refractivity contribution >= 4 is 29.1 Å².